The summed E-state index contributed by atoms with van der Waals surface area (Å²) >= 11 is 1.38. The number of hydrazine groups is 1. The summed E-state index contributed by atoms with van der Waals surface area (Å²) in [5.41, 5.74) is 6.21. The molecule has 0 atom stereocenters. The zero-order valence-electron chi connectivity index (χ0n) is 15.8. The van der Waals surface area contributed by atoms with E-state index < -0.39 is 11.8 Å². The van der Waals surface area contributed by atoms with Gasteiger partial charge >= 0.3 is 5.91 Å². The predicted octanol–water partition coefficient (Wildman–Crippen LogP) is 1.95. The number of furan rings is 1. The third kappa shape index (κ3) is 4.09. The number of benzene rings is 1. The molecule has 3 aromatic rings. The van der Waals surface area contributed by atoms with Crippen molar-refractivity contribution in [3.8, 4) is 0 Å². The fourth-order valence-electron chi connectivity index (χ4n) is 3.07. The fraction of sp³-hybridized carbons (Fsp3) is 0.316. The predicted molar refractivity (Wildman–Crippen MR) is 107 cm³/mol. The van der Waals surface area contributed by atoms with Crippen LogP contribution in [-0.2, 0) is 16.1 Å². The number of hydrogen-bond donors (Lipinski definition) is 2. The summed E-state index contributed by atoms with van der Waals surface area (Å²) in [6.45, 7) is 2.96. The Morgan fingerprint density at radius 3 is 2.76 bits per heavy atom. The molecule has 1 saturated heterocycles. The van der Waals surface area contributed by atoms with E-state index in [1.165, 1.54) is 11.3 Å². The number of methoxy groups -OCH3 is 1. The molecule has 10 heteroatoms. The third-order valence-electron chi connectivity index (χ3n) is 4.49. The van der Waals surface area contributed by atoms with Crippen molar-refractivity contribution in [3.63, 3.8) is 0 Å². The Labute approximate surface area is 170 Å². The van der Waals surface area contributed by atoms with Gasteiger partial charge in [-0.3, -0.25) is 20.4 Å². The lowest BCUT2D eigenvalue weighted by atomic mass is 10.1. The molecule has 0 unspecified atom stereocenters. The van der Waals surface area contributed by atoms with E-state index in [0.717, 1.165) is 23.6 Å². The summed E-state index contributed by atoms with van der Waals surface area (Å²) in [5.74, 6) is -0.968. The average molecular weight is 416 g/mol. The maximum absolute atomic E-state index is 12.6. The topological polar surface area (TPSA) is 106 Å². The van der Waals surface area contributed by atoms with Gasteiger partial charge in [0.1, 0.15) is 11.3 Å². The van der Waals surface area contributed by atoms with Gasteiger partial charge in [0.25, 0.3) is 5.91 Å². The number of morpholine rings is 1. The molecule has 3 heterocycles. The van der Waals surface area contributed by atoms with Gasteiger partial charge in [0.15, 0.2) is 10.9 Å². The Balaban J connectivity index is 1.43. The van der Waals surface area contributed by atoms with E-state index in [-0.39, 0.29) is 18.1 Å². The maximum atomic E-state index is 12.6. The number of aromatic nitrogens is 1. The highest BCUT2D eigenvalue weighted by Gasteiger charge is 2.22. The van der Waals surface area contributed by atoms with Crippen molar-refractivity contribution >= 4 is 39.3 Å². The van der Waals surface area contributed by atoms with Crippen LogP contribution < -0.4 is 15.8 Å². The zero-order valence-corrected chi connectivity index (χ0v) is 16.6. The first-order chi connectivity index (χ1) is 14.2. The van der Waals surface area contributed by atoms with Crippen LogP contribution in [0.25, 0.3) is 11.0 Å². The van der Waals surface area contributed by atoms with E-state index in [2.05, 4.69) is 20.7 Å². The summed E-state index contributed by atoms with van der Waals surface area (Å²) in [7, 11) is 1.54. The molecule has 0 saturated carbocycles. The van der Waals surface area contributed by atoms with Gasteiger partial charge in [0.2, 0.25) is 0 Å². The number of amides is 2. The lowest BCUT2D eigenvalue weighted by Gasteiger charge is -2.25. The minimum atomic E-state index is -0.565. The fourth-order valence-corrected chi connectivity index (χ4v) is 3.93. The first-order valence-electron chi connectivity index (χ1n) is 9.05. The first kappa shape index (κ1) is 19.4. The Kier molecular flexibility index (Phi) is 5.74. The minimum absolute atomic E-state index is 0.0978. The van der Waals surface area contributed by atoms with Crippen molar-refractivity contribution in [2.24, 2.45) is 0 Å². The van der Waals surface area contributed by atoms with Gasteiger partial charge < -0.3 is 18.8 Å². The molecule has 1 aliphatic heterocycles. The van der Waals surface area contributed by atoms with Crippen LogP contribution in [-0.4, -0.2) is 50.2 Å². The number of carbonyl (C=O) groups excluding carboxylic acids is 2. The molecule has 4 rings (SSSR count). The van der Waals surface area contributed by atoms with E-state index in [1.807, 2.05) is 18.2 Å². The molecule has 9 nitrogen and oxygen atoms in total. The van der Waals surface area contributed by atoms with Crippen molar-refractivity contribution in [3.05, 3.63) is 46.7 Å². The van der Waals surface area contributed by atoms with Crippen LogP contribution in [0.3, 0.4) is 0 Å². The van der Waals surface area contributed by atoms with Gasteiger partial charge in [-0.2, -0.15) is 0 Å². The Morgan fingerprint density at radius 1 is 1.21 bits per heavy atom. The monoisotopic (exact) mass is 416 g/mol. The molecular weight excluding hydrogens is 396 g/mol. The molecule has 2 amide bonds. The smallest absolute Gasteiger partial charge is 0.305 e. The second kappa shape index (κ2) is 8.60. The summed E-state index contributed by atoms with van der Waals surface area (Å²) in [4.78, 5) is 31.4. The summed E-state index contributed by atoms with van der Waals surface area (Å²) in [5, 5.41) is 3.20. The molecule has 0 spiro atoms. The highest BCUT2D eigenvalue weighted by molar-refractivity contribution is 7.13. The number of nitrogens with zero attached hydrogens (tertiary/aromatic N) is 2. The number of ether oxygens (including phenoxy) is 2. The Morgan fingerprint density at radius 2 is 1.97 bits per heavy atom. The van der Waals surface area contributed by atoms with Crippen molar-refractivity contribution in [2.75, 3.05) is 38.3 Å². The molecule has 2 aromatic heterocycles. The lowest BCUT2D eigenvalue weighted by molar-refractivity contribution is 0.0826. The first-order valence-corrected chi connectivity index (χ1v) is 9.93. The van der Waals surface area contributed by atoms with E-state index in [4.69, 9.17) is 13.9 Å². The minimum Gasteiger partial charge on any atom is -0.450 e. The van der Waals surface area contributed by atoms with Gasteiger partial charge in [-0.25, -0.2) is 4.98 Å². The largest absolute Gasteiger partial charge is 0.450 e. The van der Waals surface area contributed by atoms with E-state index >= 15 is 0 Å². The van der Waals surface area contributed by atoms with Gasteiger partial charge in [0, 0.05) is 36.5 Å². The number of anilines is 1. The van der Waals surface area contributed by atoms with Crippen LogP contribution in [0.1, 0.15) is 26.6 Å². The molecule has 0 bridgehead atoms. The van der Waals surface area contributed by atoms with E-state index in [0.29, 0.717) is 24.4 Å². The average Bonchev–Trinajstić information content (AvgIpc) is 3.39. The molecule has 2 N–H and O–H groups in total. The summed E-state index contributed by atoms with van der Waals surface area (Å²) < 4.78 is 16.2. The van der Waals surface area contributed by atoms with Crippen molar-refractivity contribution in [2.45, 2.75) is 6.61 Å². The second-order valence-electron chi connectivity index (χ2n) is 6.36. The van der Waals surface area contributed by atoms with Gasteiger partial charge in [-0.05, 0) is 6.07 Å². The molecule has 1 aliphatic rings. The molecule has 152 valence electrons. The highest BCUT2D eigenvalue weighted by atomic mass is 32.1. The highest BCUT2D eigenvalue weighted by Crippen LogP contribution is 2.26. The third-order valence-corrected chi connectivity index (χ3v) is 5.39. The van der Waals surface area contributed by atoms with Crippen LogP contribution in [0.2, 0.25) is 0 Å². The van der Waals surface area contributed by atoms with Crippen molar-refractivity contribution < 1.29 is 23.5 Å². The quantitative estimate of drug-likeness (QED) is 0.613. The molecular formula is C19H20N4O5S. The van der Waals surface area contributed by atoms with Crippen LogP contribution in [0, 0.1) is 0 Å². The van der Waals surface area contributed by atoms with Gasteiger partial charge in [0.05, 0.1) is 19.8 Å². The number of fused-ring (bicyclic) bond motifs is 1. The number of hydrogen-bond acceptors (Lipinski definition) is 8. The molecule has 1 fully saturated rings. The second-order valence-corrected chi connectivity index (χ2v) is 7.20. The van der Waals surface area contributed by atoms with E-state index in [1.54, 1.807) is 18.6 Å². The van der Waals surface area contributed by atoms with Crippen molar-refractivity contribution in [1.29, 1.82) is 0 Å². The maximum Gasteiger partial charge on any atom is 0.305 e. The Hall–Kier alpha value is -2.95. The van der Waals surface area contributed by atoms with Crippen LogP contribution in [0.4, 0.5) is 5.13 Å². The molecule has 29 heavy (non-hydrogen) atoms. The number of thiazole rings is 1. The molecule has 0 aliphatic carbocycles. The van der Waals surface area contributed by atoms with Crippen molar-refractivity contribution in [1.82, 2.24) is 15.8 Å². The normalized spacial score (nSPS) is 14.2. The summed E-state index contributed by atoms with van der Waals surface area (Å²) in [6, 6.07) is 7.30. The molecule has 1 aromatic carbocycles. The SMILES string of the molecule is COCc1c(C(=O)NNC(=O)c2csc(N3CCOCC3)n2)oc2ccccc12. The Bertz CT molecular complexity index is 1020. The van der Waals surface area contributed by atoms with E-state index in [9.17, 15) is 9.59 Å². The number of para-hydroxylation sites is 1. The number of rotatable bonds is 5. The zero-order chi connectivity index (χ0) is 20.2. The summed E-state index contributed by atoms with van der Waals surface area (Å²) in [6.07, 6.45) is 0. The molecule has 0 radical (unpaired) electrons. The number of nitrogens with one attached hydrogen (secondary N) is 2. The standard InChI is InChI=1S/C19H20N4O5S/c1-26-10-13-12-4-2-3-5-15(12)28-16(13)18(25)22-21-17(24)14-11-29-19(20-14)23-6-8-27-9-7-23/h2-5,11H,6-10H2,1H3,(H,21,24)(H,22,25). The van der Waals surface area contributed by atoms with Crippen LogP contribution in [0.5, 0.6) is 0 Å². The van der Waals surface area contributed by atoms with Crippen LogP contribution in [0.15, 0.2) is 34.1 Å². The van der Waals surface area contributed by atoms with Gasteiger partial charge in [-0.1, -0.05) is 18.2 Å². The lowest BCUT2D eigenvalue weighted by Crippen LogP contribution is -2.42. The number of carbonyl (C=O) groups is 2. The van der Waals surface area contributed by atoms with Crippen LogP contribution >= 0.6 is 11.3 Å². The van der Waals surface area contributed by atoms with Gasteiger partial charge in [-0.15, -0.1) is 11.3 Å².